The molecule has 0 saturated carbocycles. The monoisotopic (exact) mass is 732 g/mol. The van der Waals surface area contributed by atoms with Crippen molar-refractivity contribution in [3.8, 4) is 5.75 Å². The number of carbonyl (C=O) groups is 5. The summed E-state index contributed by atoms with van der Waals surface area (Å²) in [6, 6.07) is 27.3. The van der Waals surface area contributed by atoms with E-state index in [1.165, 1.54) is 12.1 Å². The van der Waals surface area contributed by atoms with Crippen LogP contribution in [0.3, 0.4) is 0 Å². The molecule has 0 fully saturated rings. The quantitative estimate of drug-likeness (QED) is 0.0695. The van der Waals surface area contributed by atoms with E-state index in [0.717, 1.165) is 22.0 Å². The average Bonchev–Trinajstić information content (AvgIpc) is 3.60. The van der Waals surface area contributed by atoms with Gasteiger partial charge in [0.25, 0.3) is 5.91 Å². The highest BCUT2D eigenvalue weighted by Crippen LogP contribution is 2.20. The third-order valence-corrected chi connectivity index (χ3v) is 8.78. The number of phenolic OH excluding ortho intramolecular Hbond substituents is 1. The summed E-state index contributed by atoms with van der Waals surface area (Å²) in [7, 11) is 0. The number of ether oxygens (including phenoxy) is 1. The molecule has 4 aromatic carbocycles. The van der Waals surface area contributed by atoms with Crippen molar-refractivity contribution in [2.45, 2.75) is 56.8 Å². The lowest BCUT2D eigenvalue weighted by atomic mass is 10.0. The third-order valence-electron chi connectivity index (χ3n) is 8.78. The highest BCUT2D eigenvalue weighted by molar-refractivity contribution is 6.07. The Hall–Kier alpha value is -6.47. The topological polar surface area (TPSA) is 205 Å². The van der Waals surface area contributed by atoms with E-state index in [1.807, 2.05) is 42.5 Å². The molecule has 280 valence electrons. The number of carbonyl (C=O) groups excluding carboxylic acids is 5. The third kappa shape index (κ3) is 11.3. The van der Waals surface area contributed by atoms with E-state index < -0.39 is 47.8 Å². The van der Waals surface area contributed by atoms with Crippen LogP contribution in [0.2, 0.25) is 0 Å². The molecule has 3 atom stereocenters. The Bertz CT molecular complexity index is 2020. The van der Waals surface area contributed by atoms with E-state index in [2.05, 4.69) is 26.3 Å². The van der Waals surface area contributed by atoms with Crippen molar-refractivity contribution in [3.05, 3.63) is 138 Å². The Balaban J connectivity index is 1.35. The van der Waals surface area contributed by atoms with Gasteiger partial charge in [-0.3, -0.25) is 24.5 Å². The number of aromatic nitrogens is 1. The maximum absolute atomic E-state index is 14.1. The predicted molar refractivity (Wildman–Crippen MR) is 203 cm³/mol. The van der Waals surface area contributed by atoms with Gasteiger partial charge in [-0.2, -0.15) is 0 Å². The Kier molecular flexibility index (Phi) is 13.9. The van der Waals surface area contributed by atoms with Crippen LogP contribution in [0.1, 0.15) is 46.3 Å². The summed E-state index contributed by atoms with van der Waals surface area (Å²) >= 11 is 0. The number of nitrogens with two attached hydrogens (primary N) is 1. The fourth-order valence-corrected chi connectivity index (χ4v) is 5.88. The Labute approximate surface area is 312 Å². The highest BCUT2D eigenvalue weighted by Gasteiger charge is 2.31. The zero-order chi connectivity index (χ0) is 38.3. The fourth-order valence-electron chi connectivity index (χ4n) is 5.88. The van der Waals surface area contributed by atoms with Gasteiger partial charge in [0.2, 0.25) is 17.7 Å². The first-order valence-electron chi connectivity index (χ1n) is 17.7. The van der Waals surface area contributed by atoms with Crippen LogP contribution in [-0.4, -0.2) is 64.5 Å². The van der Waals surface area contributed by atoms with Crippen molar-refractivity contribution >= 4 is 40.6 Å². The minimum absolute atomic E-state index is 0.0184. The summed E-state index contributed by atoms with van der Waals surface area (Å²) in [5, 5.41) is 21.2. The molecule has 1 heterocycles. The molecule has 13 nitrogen and oxygen atoms in total. The predicted octanol–water partition coefficient (Wildman–Crippen LogP) is 4.01. The standard InChI is InChI=1S/C41H44N6O7/c42-22-10-9-17-34(38(50)45-35(23-27-18-20-31(48)21-19-27)40(52)47-37(49)29-13-5-2-6-14-29)44-39(51)36(24-30-25-43-33-16-8-7-15-32(30)33)46-41(53)54-26-28-11-3-1-4-12-28/h1-8,11-16,18-21,25,34-36,43,48H,9-10,17,22-24,26,42H2,(H,44,51)(H,45,50)(H,46,53)(H,47,49,52)/t34-,35-,36-/m0/s1. The van der Waals surface area contributed by atoms with Gasteiger partial charge in [-0.15, -0.1) is 0 Å². The molecule has 0 aliphatic heterocycles. The van der Waals surface area contributed by atoms with Crippen molar-refractivity contribution in [2.24, 2.45) is 5.73 Å². The molecule has 8 N–H and O–H groups in total. The number of nitrogens with one attached hydrogen (secondary N) is 5. The average molecular weight is 733 g/mol. The molecule has 0 aliphatic carbocycles. The first-order chi connectivity index (χ1) is 26.2. The van der Waals surface area contributed by atoms with Crippen molar-refractivity contribution in [2.75, 3.05) is 6.54 Å². The van der Waals surface area contributed by atoms with E-state index >= 15 is 0 Å². The van der Waals surface area contributed by atoms with E-state index in [1.54, 1.807) is 60.8 Å². The molecule has 1 aromatic heterocycles. The Morgan fingerprint density at radius 3 is 2.02 bits per heavy atom. The van der Waals surface area contributed by atoms with Crippen LogP contribution in [0, 0.1) is 0 Å². The normalized spacial score (nSPS) is 12.5. The van der Waals surface area contributed by atoms with Gasteiger partial charge in [-0.25, -0.2) is 4.79 Å². The summed E-state index contributed by atoms with van der Waals surface area (Å²) in [6.45, 7) is 0.337. The van der Waals surface area contributed by atoms with Crippen LogP contribution in [0.15, 0.2) is 115 Å². The molecule has 5 amide bonds. The number of alkyl carbamates (subject to hydrolysis) is 1. The summed E-state index contributed by atoms with van der Waals surface area (Å²) in [6.07, 6.45) is 2.18. The molecule has 0 saturated heterocycles. The van der Waals surface area contributed by atoms with Gasteiger partial charge >= 0.3 is 6.09 Å². The maximum atomic E-state index is 14.1. The van der Waals surface area contributed by atoms with E-state index in [9.17, 15) is 29.1 Å². The molecular formula is C41H44N6O7. The molecular weight excluding hydrogens is 688 g/mol. The number of aromatic amines is 1. The number of benzene rings is 4. The number of para-hydroxylation sites is 1. The van der Waals surface area contributed by atoms with Crippen molar-refractivity contribution in [3.63, 3.8) is 0 Å². The molecule has 13 heteroatoms. The Morgan fingerprint density at radius 1 is 0.667 bits per heavy atom. The molecule has 5 aromatic rings. The van der Waals surface area contributed by atoms with E-state index in [0.29, 0.717) is 24.9 Å². The number of amides is 5. The number of H-pyrrole nitrogens is 1. The van der Waals surface area contributed by atoms with Gasteiger partial charge in [0.1, 0.15) is 30.5 Å². The minimum Gasteiger partial charge on any atom is -0.508 e. The van der Waals surface area contributed by atoms with Gasteiger partial charge in [-0.05, 0) is 72.8 Å². The van der Waals surface area contributed by atoms with Crippen LogP contribution < -0.4 is 27.0 Å². The molecule has 5 rings (SSSR count). The summed E-state index contributed by atoms with van der Waals surface area (Å²) < 4.78 is 5.44. The number of aromatic hydroxyl groups is 1. The number of rotatable bonds is 17. The molecule has 0 radical (unpaired) electrons. The lowest BCUT2D eigenvalue weighted by molar-refractivity contribution is -0.132. The SMILES string of the molecule is NCCCC[C@H](NC(=O)[C@H](Cc1c[nH]c2ccccc12)NC(=O)OCc1ccccc1)C(=O)N[C@@H](Cc1ccc(O)cc1)C(=O)NC(=O)c1ccccc1. The first-order valence-corrected chi connectivity index (χ1v) is 17.7. The fraction of sp³-hybridized carbons (Fsp3) is 0.244. The zero-order valence-corrected chi connectivity index (χ0v) is 29.6. The first kappa shape index (κ1) is 38.8. The number of fused-ring (bicyclic) bond motifs is 1. The van der Waals surface area contributed by atoms with E-state index in [4.69, 9.17) is 10.5 Å². The van der Waals surface area contributed by atoms with Gasteiger partial charge in [0.05, 0.1) is 0 Å². The van der Waals surface area contributed by atoms with Crippen molar-refractivity contribution < 1.29 is 33.8 Å². The van der Waals surface area contributed by atoms with Crippen LogP contribution in [0.25, 0.3) is 10.9 Å². The molecule has 0 spiro atoms. The smallest absolute Gasteiger partial charge is 0.408 e. The summed E-state index contributed by atoms with van der Waals surface area (Å²) in [5.41, 5.74) is 8.96. The van der Waals surface area contributed by atoms with Gasteiger partial charge in [0, 0.05) is 35.5 Å². The number of phenols is 1. The van der Waals surface area contributed by atoms with Crippen LogP contribution >= 0.6 is 0 Å². The molecule has 0 aliphatic rings. The molecule has 0 unspecified atom stereocenters. The summed E-state index contributed by atoms with van der Waals surface area (Å²) in [4.78, 5) is 70.8. The van der Waals surface area contributed by atoms with Crippen LogP contribution in [0.5, 0.6) is 5.75 Å². The van der Waals surface area contributed by atoms with E-state index in [-0.39, 0.29) is 37.2 Å². The van der Waals surface area contributed by atoms with Gasteiger partial charge in [0.15, 0.2) is 0 Å². The van der Waals surface area contributed by atoms with Crippen LogP contribution in [0.4, 0.5) is 4.79 Å². The maximum Gasteiger partial charge on any atom is 0.408 e. The summed E-state index contributed by atoms with van der Waals surface area (Å²) in [5.74, 6) is -2.72. The number of hydrogen-bond donors (Lipinski definition) is 7. The van der Waals surface area contributed by atoms with Gasteiger partial charge < -0.3 is 36.5 Å². The minimum atomic E-state index is -1.24. The highest BCUT2D eigenvalue weighted by atomic mass is 16.5. The second-order valence-electron chi connectivity index (χ2n) is 12.8. The molecule has 54 heavy (non-hydrogen) atoms. The Morgan fingerprint density at radius 2 is 1.30 bits per heavy atom. The number of imide groups is 1. The van der Waals surface area contributed by atoms with Crippen molar-refractivity contribution in [1.82, 2.24) is 26.3 Å². The lowest BCUT2D eigenvalue weighted by Crippen LogP contribution is -2.57. The molecule has 0 bridgehead atoms. The number of hydrogen-bond acceptors (Lipinski definition) is 8. The van der Waals surface area contributed by atoms with Gasteiger partial charge in [-0.1, -0.05) is 78.9 Å². The van der Waals surface area contributed by atoms with Crippen LogP contribution in [-0.2, 0) is 38.6 Å². The largest absolute Gasteiger partial charge is 0.508 e. The second-order valence-corrected chi connectivity index (χ2v) is 12.8. The zero-order valence-electron chi connectivity index (χ0n) is 29.6. The second kappa shape index (κ2) is 19.4. The lowest BCUT2D eigenvalue weighted by Gasteiger charge is -2.25. The van der Waals surface area contributed by atoms with Crippen molar-refractivity contribution in [1.29, 1.82) is 0 Å². The number of unbranched alkanes of at least 4 members (excludes halogenated alkanes) is 1.